The van der Waals surface area contributed by atoms with Gasteiger partial charge in [-0.1, -0.05) is 11.6 Å². The maximum atomic E-state index is 14.4. The molecule has 3 rings (SSSR count). The minimum atomic E-state index is -3.24. The summed E-state index contributed by atoms with van der Waals surface area (Å²) in [5.41, 5.74) is 0.149. The molecule has 8 nitrogen and oxygen atoms in total. The Bertz CT molecular complexity index is 1150. The van der Waals surface area contributed by atoms with Crippen molar-refractivity contribution < 1.29 is 17.2 Å². The first kappa shape index (κ1) is 23.0. The molecule has 0 amide bonds. The molecule has 1 aliphatic rings. The molecule has 0 spiro atoms. The third-order valence-electron chi connectivity index (χ3n) is 5.01. The minimum Gasteiger partial charge on any atom is -0.351 e. The van der Waals surface area contributed by atoms with E-state index in [1.807, 2.05) is 13.8 Å². The normalized spacial score (nSPS) is 15.6. The fourth-order valence-electron chi connectivity index (χ4n) is 3.30. The lowest BCUT2D eigenvalue weighted by molar-refractivity contribution is 0.331. The van der Waals surface area contributed by atoms with Gasteiger partial charge in [0.2, 0.25) is 16.0 Å². The van der Waals surface area contributed by atoms with Crippen LogP contribution in [0.3, 0.4) is 0 Å². The van der Waals surface area contributed by atoms with Crippen molar-refractivity contribution in [3.8, 4) is 11.3 Å². The molecule has 0 unspecified atom stereocenters. The number of hydrogen-bond donors (Lipinski definition) is 1. The molecule has 0 aromatic carbocycles. The summed E-state index contributed by atoms with van der Waals surface area (Å²) in [6.07, 6.45) is 6.38. The molecular weight excluding hydrogens is 428 g/mol. The lowest BCUT2D eigenvalue weighted by atomic mass is 10.1. The lowest BCUT2D eigenvalue weighted by Gasteiger charge is -2.30. The van der Waals surface area contributed by atoms with Gasteiger partial charge in [0, 0.05) is 37.4 Å². The molecule has 31 heavy (non-hydrogen) atoms. The Morgan fingerprint density at radius 2 is 1.94 bits per heavy atom. The van der Waals surface area contributed by atoms with Crippen LogP contribution in [0.15, 0.2) is 34.9 Å². The molecule has 1 fully saturated rings. The Kier molecular flexibility index (Phi) is 6.85. The number of nitrogens with zero attached hydrogens (tertiary/aromatic N) is 4. The van der Waals surface area contributed by atoms with Crippen LogP contribution in [-0.2, 0) is 16.6 Å². The number of piperidine rings is 1. The first-order valence-electron chi connectivity index (χ1n) is 9.82. The van der Waals surface area contributed by atoms with Crippen molar-refractivity contribution in [2.45, 2.75) is 39.3 Å². The van der Waals surface area contributed by atoms with Crippen molar-refractivity contribution in [1.82, 2.24) is 18.8 Å². The van der Waals surface area contributed by atoms with Crippen LogP contribution < -0.4 is 10.9 Å². The Balaban J connectivity index is 1.84. The summed E-state index contributed by atoms with van der Waals surface area (Å²) in [7, 11) is -3.24. The molecule has 168 valence electrons. The van der Waals surface area contributed by atoms with Gasteiger partial charge in [-0.15, -0.1) is 0 Å². The van der Waals surface area contributed by atoms with Gasteiger partial charge in [0.1, 0.15) is 5.69 Å². The van der Waals surface area contributed by atoms with Crippen LogP contribution in [0.25, 0.3) is 11.3 Å². The zero-order valence-electron chi connectivity index (χ0n) is 17.6. The molecule has 2 aromatic rings. The maximum absolute atomic E-state index is 14.4. The van der Waals surface area contributed by atoms with Crippen LogP contribution in [-0.4, -0.2) is 52.6 Å². The Morgan fingerprint density at radius 3 is 2.55 bits per heavy atom. The molecule has 2 aromatic heterocycles. The highest BCUT2D eigenvalue weighted by atomic mass is 32.2. The van der Waals surface area contributed by atoms with Crippen LogP contribution >= 0.6 is 0 Å². The van der Waals surface area contributed by atoms with Gasteiger partial charge in [-0.05, 0) is 32.8 Å². The number of allylic oxidation sites excluding steroid dienone is 2. The molecular formula is C20H25F2N5O3S. The average Bonchev–Trinajstić information content (AvgIpc) is 2.70. The van der Waals surface area contributed by atoms with E-state index in [0.29, 0.717) is 25.9 Å². The number of anilines is 1. The number of pyridine rings is 1. The average molecular weight is 454 g/mol. The van der Waals surface area contributed by atoms with Gasteiger partial charge in [-0.25, -0.2) is 31.5 Å². The fraction of sp³-hybridized carbons (Fsp3) is 0.450. The second-order valence-electron chi connectivity index (χ2n) is 7.79. The third kappa shape index (κ3) is 5.73. The van der Waals surface area contributed by atoms with Crippen LogP contribution in [0.2, 0.25) is 0 Å². The van der Waals surface area contributed by atoms with Crippen molar-refractivity contribution in [1.29, 1.82) is 0 Å². The van der Waals surface area contributed by atoms with E-state index in [2.05, 4.69) is 15.3 Å². The van der Waals surface area contributed by atoms with Crippen molar-refractivity contribution in [3.05, 3.63) is 52.1 Å². The largest absolute Gasteiger partial charge is 0.351 e. The SMILES string of the molecule is CC(C)=CCn1cc(-c2nc(NC3CCN(S(C)(=O)=O)CC3)ncc2F)cc(F)c1=O. The standard InChI is InChI=1S/C20H25F2N5O3S/c1-13(2)4-7-26-12-14(10-16(21)19(26)28)18-17(22)11-23-20(25-18)24-15-5-8-27(9-6-15)31(3,29)30/h4,10-12,15H,5-9H2,1-3H3,(H,23,24,25). The topological polar surface area (TPSA) is 97.2 Å². The van der Waals surface area contributed by atoms with E-state index < -0.39 is 27.2 Å². The van der Waals surface area contributed by atoms with E-state index in [9.17, 15) is 22.0 Å². The van der Waals surface area contributed by atoms with Crippen molar-refractivity contribution in [2.75, 3.05) is 24.7 Å². The van der Waals surface area contributed by atoms with E-state index in [4.69, 9.17) is 0 Å². The highest BCUT2D eigenvalue weighted by Crippen LogP contribution is 2.23. The highest BCUT2D eigenvalue weighted by molar-refractivity contribution is 7.88. The molecule has 1 N–H and O–H groups in total. The second kappa shape index (κ2) is 9.23. The molecule has 3 heterocycles. The summed E-state index contributed by atoms with van der Waals surface area (Å²) in [4.78, 5) is 20.2. The monoisotopic (exact) mass is 453 g/mol. The van der Waals surface area contributed by atoms with Crippen molar-refractivity contribution in [3.63, 3.8) is 0 Å². The van der Waals surface area contributed by atoms with Crippen molar-refractivity contribution >= 4 is 16.0 Å². The summed E-state index contributed by atoms with van der Waals surface area (Å²) < 4.78 is 54.5. The summed E-state index contributed by atoms with van der Waals surface area (Å²) in [6.45, 7) is 4.60. The van der Waals surface area contributed by atoms with E-state index in [1.165, 1.54) is 16.8 Å². The zero-order chi connectivity index (χ0) is 22.8. The van der Waals surface area contributed by atoms with Gasteiger partial charge in [0.05, 0.1) is 12.5 Å². The van der Waals surface area contributed by atoms with E-state index >= 15 is 0 Å². The van der Waals surface area contributed by atoms with Crippen LogP contribution in [0.1, 0.15) is 26.7 Å². The number of rotatable bonds is 6. The molecule has 0 aliphatic carbocycles. The molecule has 1 aliphatic heterocycles. The van der Waals surface area contributed by atoms with Crippen molar-refractivity contribution in [2.24, 2.45) is 0 Å². The van der Waals surface area contributed by atoms with Gasteiger partial charge in [-0.2, -0.15) is 0 Å². The Labute approximate surface area is 179 Å². The predicted molar refractivity (Wildman–Crippen MR) is 114 cm³/mol. The first-order valence-corrected chi connectivity index (χ1v) is 11.7. The Hall–Kier alpha value is -2.66. The Morgan fingerprint density at radius 1 is 1.26 bits per heavy atom. The number of halogens is 2. The first-order chi connectivity index (χ1) is 14.5. The minimum absolute atomic E-state index is 0.0836. The van der Waals surface area contributed by atoms with Crippen LogP contribution in [0, 0.1) is 11.6 Å². The van der Waals surface area contributed by atoms with Gasteiger partial charge in [0.25, 0.3) is 5.56 Å². The van der Waals surface area contributed by atoms with Crippen LogP contribution in [0.4, 0.5) is 14.7 Å². The van der Waals surface area contributed by atoms with E-state index in [-0.39, 0.29) is 29.8 Å². The molecule has 0 saturated carbocycles. The van der Waals surface area contributed by atoms with Gasteiger partial charge < -0.3 is 9.88 Å². The number of nitrogens with one attached hydrogen (secondary N) is 1. The predicted octanol–water partition coefficient (Wildman–Crippen LogP) is 2.39. The third-order valence-corrected chi connectivity index (χ3v) is 6.32. The highest BCUT2D eigenvalue weighted by Gasteiger charge is 2.25. The molecule has 0 bridgehead atoms. The smallest absolute Gasteiger partial charge is 0.286 e. The van der Waals surface area contributed by atoms with Gasteiger partial charge >= 0.3 is 0 Å². The fourth-order valence-corrected chi connectivity index (χ4v) is 4.17. The zero-order valence-corrected chi connectivity index (χ0v) is 18.4. The van der Waals surface area contributed by atoms with Gasteiger partial charge in [0.15, 0.2) is 11.6 Å². The molecule has 0 atom stereocenters. The number of aromatic nitrogens is 3. The quantitative estimate of drug-likeness (QED) is 0.675. The summed E-state index contributed by atoms with van der Waals surface area (Å²) in [6, 6.07) is 0.876. The lowest BCUT2D eigenvalue weighted by Crippen LogP contribution is -2.42. The second-order valence-corrected chi connectivity index (χ2v) is 9.77. The summed E-state index contributed by atoms with van der Waals surface area (Å²) >= 11 is 0. The molecule has 11 heteroatoms. The number of sulfonamides is 1. The molecule has 1 saturated heterocycles. The summed E-state index contributed by atoms with van der Waals surface area (Å²) in [5.74, 6) is -1.60. The maximum Gasteiger partial charge on any atom is 0.286 e. The summed E-state index contributed by atoms with van der Waals surface area (Å²) in [5, 5.41) is 3.09. The number of hydrogen-bond acceptors (Lipinski definition) is 6. The van der Waals surface area contributed by atoms with E-state index in [1.54, 1.807) is 6.08 Å². The van der Waals surface area contributed by atoms with E-state index in [0.717, 1.165) is 22.4 Å². The molecule has 0 radical (unpaired) electrons. The van der Waals surface area contributed by atoms with Gasteiger partial charge in [-0.3, -0.25) is 4.79 Å². The van der Waals surface area contributed by atoms with Crippen LogP contribution in [0.5, 0.6) is 0 Å².